The average Bonchev–Trinajstić information content (AvgIpc) is 2.38. The second-order valence-corrected chi connectivity index (χ2v) is 6.05. The topological polar surface area (TPSA) is 38.3 Å². The summed E-state index contributed by atoms with van der Waals surface area (Å²) in [5.41, 5.74) is 2.31. The fourth-order valence-corrected chi connectivity index (χ4v) is 2.94. The highest BCUT2D eigenvalue weighted by Gasteiger charge is 2.22. The molecule has 2 rings (SSSR count). The molecule has 0 aliphatic heterocycles. The number of ether oxygens (including phenoxy) is 1. The minimum absolute atomic E-state index is 0.0112. The van der Waals surface area contributed by atoms with Crippen LogP contribution in [0.25, 0.3) is 0 Å². The van der Waals surface area contributed by atoms with E-state index in [0.29, 0.717) is 12.0 Å². The van der Waals surface area contributed by atoms with Crippen LogP contribution in [0.3, 0.4) is 0 Å². The molecule has 0 aromatic heterocycles. The first-order valence-electron chi connectivity index (χ1n) is 7.55. The van der Waals surface area contributed by atoms with E-state index in [0.717, 1.165) is 23.3 Å². The molecule has 1 aliphatic carbocycles. The van der Waals surface area contributed by atoms with Crippen LogP contribution in [-0.2, 0) is 4.79 Å². The van der Waals surface area contributed by atoms with E-state index in [1.54, 1.807) is 0 Å². The Labute approximate surface area is 121 Å². The van der Waals surface area contributed by atoms with Crippen molar-refractivity contribution < 1.29 is 9.53 Å². The maximum Gasteiger partial charge on any atom is 0.258 e. The Morgan fingerprint density at radius 1 is 1.20 bits per heavy atom. The van der Waals surface area contributed by atoms with Gasteiger partial charge in [0.1, 0.15) is 5.75 Å². The van der Waals surface area contributed by atoms with E-state index in [1.165, 1.54) is 19.3 Å². The zero-order chi connectivity index (χ0) is 14.5. The van der Waals surface area contributed by atoms with Crippen molar-refractivity contribution in [1.29, 1.82) is 0 Å². The van der Waals surface area contributed by atoms with Gasteiger partial charge in [-0.25, -0.2) is 0 Å². The fraction of sp³-hybridized carbons (Fsp3) is 0.588. The molecule has 1 fully saturated rings. The zero-order valence-electron chi connectivity index (χ0n) is 12.7. The molecule has 1 N–H and O–H groups in total. The molecule has 0 radical (unpaired) electrons. The number of amides is 1. The number of hydrogen-bond acceptors (Lipinski definition) is 2. The maximum atomic E-state index is 12.0. The van der Waals surface area contributed by atoms with E-state index in [1.807, 2.05) is 26.0 Å². The number of nitrogens with one attached hydrogen (secondary N) is 1. The van der Waals surface area contributed by atoms with Crippen molar-refractivity contribution in [2.45, 2.75) is 52.5 Å². The predicted molar refractivity (Wildman–Crippen MR) is 81.0 cm³/mol. The van der Waals surface area contributed by atoms with E-state index in [2.05, 4.69) is 18.3 Å². The molecule has 0 saturated heterocycles. The lowest BCUT2D eigenvalue weighted by Crippen LogP contribution is -2.43. The summed E-state index contributed by atoms with van der Waals surface area (Å²) in [6.45, 7) is 6.38. The van der Waals surface area contributed by atoms with Gasteiger partial charge in [0.05, 0.1) is 0 Å². The number of carbonyl (C=O) groups is 1. The highest BCUT2D eigenvalue weighted by atomic mass is 16.5. The SMILES string of the molecule is Cc1cc(C)cc(OCC(=O)N[C@H]2CCCC[C@H]2C)c1. The van der Waals surface area contributed by atoms with Gasteiger partial charge in [0.25, 0.3) is 5.91 Å². The third kappa shape index (κ3) is 4.26. The predicted octanol–water partition coefficient (Wildman–Crippen LogP) is 3.38. The van der Waals surface area contributed by atoms with Gasteiger partial charge in [-0.1, -0.05) is 25.8 Å². The lowest BCUT2D eigenvalue weighted by Gasteiger charge is -2.29. The zero-order valence-corrected chi connectivity index (χ0v) is 12.7. The summed E-state index contributed by atoms with van der Waals surface area (Å²) in [5, 5.41) is 3.10. The normalized spacial score (nSPS) is 22.4. The van der Waals surface area contributed by atoms with Crippen LogP contribution in [0.15, 0.2) is 18.2 Å². The molecule has 2 atom stereocenters. The summed E-state index contributed by atoms with van der Waals surface area (Å²) >= 11 is 0. The maximum absolute atomic E-state index is 12.0. The highest BCUT2D eigenvalue weighted by molar-refractivity contribution is 5.77. The van der Waals surface area contributed by atoms with Gasteiger partial charge in [-0.2, -0.15) is 0 Å². The molecule has 20 heavy (non-hydrogen) atoms. The van der Waals surface area contributed by atoms with E-state index in [-0.39, 0.29) is 12.5 Å². The second-order valence-electron chi connectivity index (χ2n) is 6.05. The van der Waals surface area contributed by atoms with Gasteiger partial charge in [-0.05, 0) is 55.9 Å². The second kappa shape index (κ2) is 6.78. The van der Waals surface area contributed by atoms with Crippen molar-refractivity contribution in [3.63, 3.8) is 0 Å². The Bertz CT molecular complexity index is 450. The number of rotatable bonds is 4. The van der Waals surface area contributed by atoms with E-state index in [4.69, 9.17) is 4.74 Å². The molecule has 0 unspecified atom stereocenters. The third-order valence-corrected chi connectivity index (χ3v) is 4.02. The third-order valence-electron chi connectivity index (χ3n) is 4.02. The van der Waals surface area contributed by atoms with Crippen molar-refractivity contribution >= 4 is 5.91 Å². The van der Waals surface area contributed by atoms with Crippen LogP contribution in [0.2, 0.25) is 0 Å². The molecule has 3 nitrogen and oxygen atoms in total. The average molecular weight is 275 g/mol. The summed E-state index contributed by atoms with van der Waals surface area (Å²) in [5.74, 6) is 1.34. The number of benzene rings is 1. The molecule has 1 amide bonds. The molecule has 1 saturated carbocycles. The molecular weight excluding hydrogens is 250 g/mol. The van der Waals surface area contributed by atoms with Crippen molar-refractivity contribution in [3.05, 3.63) is 29.3 Å². The molecule has 0 spiro atoms. The minimum atomic E-state index is -0.0112. The van der Waals surface area contributed by atoms with Crippen molar-refractivity contribution in [1.82, 2.24) is 5.32 Å². The van der Waals surface area contributed by atoms with Gasteiger partial charge in [-0.15, -0.1) is 0 Å². The first-order valence-corrected chi connectivity index (χ1v) is 7.55. The Hall–Kier alpha value is -1.51. The first-order chi connectivity index (χ1) is 9.54. The highest BCUT2D eigenvalue weighted by Crippen LogP contribution is 2.23. The van der Waals surface area contributed by atoms with Crippen LogP contribution >= 0.6 is 0 Å². The molecule has 1 aliphatic rings. The molecule has 3 heteroatoms. The summed E-state index contributed by atoms with van der Waals surface area (Å²) in [6.07, 6.45) is 4.80. The van der Waals surface area contributed by atoms with Gasteiger partial charge in [0.15, 0.2) is 6.61 Å². The lowest BCUT2D eigenvalue weighted by atomic mass is 9.86. The summed E-state index contributed by atoms with van der Waals surface area (Å²) in [4.78, 5) is 12.0. The van der Waals surface area contributed by atoms with Gasteiger partial charge in [0, 0.05) is 6.04 Å². The Kier molecular flexibility index (Phi) is 5.05. The molecular formula is C17H25NO2. The van der Waals surface area contributed by atoms with Gasteiger partial charge >= 0.3 is 0 Å². The standard InChI is InChI=1S/C17H25NO2/c1-12-8-13(2)10-15(9-12)20-11-17(19)18-16-7-5-4-6-14(16)3/h8-10,14,16H,4-7,11H2,1-3H3,(H,18,19)/t14-,16+/m1/s1. The van der Waals surface area contributed by atoms with Gasteiger partial charge in [0.2, 0.25) is 0 Å². The lowest BCUT2D eigenvalue weighted by molar-refractivity contribution is -0.124. The smallest absolute Gasteiger partial charge is 0.258 e. The van der Waals surface area contributed by atoms with Crippen LogP contribution < -0.4 is 10.1 Å². The quantitative estimate of drug-likeness (QED) is 0.915. The summed E-state index contributed by atoms with van der Waals surface area (Å²) < 4.78 is 5.59. The van der Waals surface area contributed by atoms with Crippen LogP contribution in [-0.4, -0.2) is 18.6 Å². The molecule has 0 bridgehead atoms. The Morgan fingerprint density at radius 2 is 1.85 bits per heavy atom. The Morgan fingerprint density at radius 3 is 2.50 bits per heavy atom. The minimum Gasteiger partial charge on any atom is -0.484 e. The molecule has 110 valence electrons. The van der Waals surface area contributed by atoms with Crippen molar-refractivity contribution in [3.8, 4) is 5.75 Å². The van der Waals surface area contributed by atoms with Gasteiger partial charge < -0.3 is 10.1 Å². The van der Waals surface area contributed by atoms with E-state index >= 15 is 0 Å². The number of carbonyl (C=O) groups excluding carboxylic acids is 1. The fourth-order valence-electron chi connectivity index (χ4n) is 2.94. The first kappa shape index (κ1) is 14.9. The monoisotopic (exact) mass is 275 g/mol. The molecule has 1 aromatic rings. The van der Waals surface area contributed by atoms with Crippen LogP contribution in [0.4, 0.5) is 0 Å². The van der Waals surface area contributed by atoms with E-state index in [9.17, 15) is 4.79 Å². The van der Waals surface area contributed by atoms with Crippen molar-refractivity contribution in [2.24, 2.45) is 5.92 Å². The van der Waals surface area contributed by atoms with Crippen molar-refractivity contribution in [2.75, 3.05) is 6.61 Å². The number of aryl methyl sites for hydroxylation is 2. The summed E-state index contributed by atoms with van der Waals surface area (Å²) in [6, 6.07) is 6.34. The van der Waals surface area contributed by atoms with Gasteiger partial charge in [-0.3, -0.25) is 4.79 Å². The largest absolute Gasteiger partial charge is 0.484 e. The molecule has 1 aromatic carbocycles. The van der Waals surface area contributed by atoms with Crippen LogP contribution in [0, 0.1) is 19.8 Å². The van der Waals surface area contributed by atoms with Crippen LogP contribution in [0.5, 0.6) is 5.75 Å². The Balaban J connectivity index is 1.82. The van der Waals surface area contributed by atoms with E-state index < -0.39 is 0 Å². The van der Waals surface area contributed by atoms with Crippen LogP contribution in [0.1, 0.15) is 43.7 Å². The summed E-state index contributed by atoms with van der Waals surface area (Å²) in [7, 11) is 0. The number of hydrogen-bond donors (Lipinski definition) is 1. The molecule has 0 heterocycles.